The first-order valence-corrected chi connectivity index (χ1v) is 10.7. The molecule has 0 amide bonds. The molecule has 1 aliphatic rings. The molecule has 5 heteroatoms. The predicted octanol–water partition coefficient (Wildman–Crippen LogP) is 4.71. The minimum Gasteiger partial charge on any atom is -0.497 e. The number of rotatable bonds is 8. The van der Waals surface area contributed by atoms with Gasteiger partial charge in [0, 0.05) is 28.6 Å². The molecule has 1 saturated heterocycles. The topological polar surface area (TPSA) is 54.6 Å². The van der Waals surface area contributed by atoms with Gasteiger partial charge in [-0.25, -0.2) is 0 Å². The zero-order valence-electron chi connectivity index (χ0n) is 17.8. The SMILES string of the molecule is COc1cccc(C(=O)C2CCN(CCCc3c[nH]c4ccc(OC)cc34)CC2)c1. The number of Topliss-reactive ketones (excluding diaryl/α,β-unsaturated/α-hetero) is 1. The average molecular weight is 407 g/mol. The molecule has 1 aromatic heterocycles. The van der Waals surface area contributed by atoms with Crippen molar-refractivity contribution in [2.75, 3.05) is 33.9 Å². The first-order chi connectivity index (χ1) is 14.7. The maximum atomic E-state index is 12.8. The molecule has 0 radical (unpaired) electrons. The van der Waals surface area contributed by atoms with Crippen LogP contribution < -0.4 is 9.47 Å². The van der Waals surface area contributed by atoms with Crippen LogP contribution in [0.15, 0.2) is 48.7 Å². The molecule has 0 unspecified atom stereocenters. The fourth-order valence-electron chi connectivity index (χ4n) is 4.42. The van der Waals surface area contributed by atoms with Gasteiger partial charge in [-0.15, -0.1) is 0 Å². The quantitative estimate of drug-likeness (QED) is 0.551. The smallest absolute Gasteiger partial charge is 0.166 e. The molecule has 0 bridgehead atoms. The van der Waals surface area contributed by atoms with E-state index in [1.807, 2.05) is 30.3 Å². The fourth-order valence-corrected chi connectivity index (χ4v) is 4.42. The van der Waals surface area contributed by atoms with Crippen molar-refractivity contribution in [3.63, 3.8) is 0 Å². The molecule has 4 rings (SSSR count). The van der Waals surface area contributed by atoms with Crippen LogP contribution in [0.3, 0.4) is 0 Å². The summed E-state index contributed by atoms with van der Waals surface area (Å²) in [6.07, 6.45) is 6.12. The Morgan fingerprint density at radius 3 is 2.60 bits per heavy atom. The van der Waals surface area contributed by atoms with Crippen LogP contribution in [0.25, 0.3) is 10.9 Å². The summed E-state index contributed by atoms with van der Waals surface area (Å²) in [5.74, 6) is 2.01. The molecule has 0 aliphatic carbocycles. The van der Waals surface area contributed by atoms with Gasteiger partial charge in [0.25, 0.3) is 0 Å². The first-order valence-electron chi connectivity index (χ1n) is 10.7. The second-order valence-corrected chi connectivity index (χ2v) is 8.04. The summed E-state index contributed by atoms with van der Waals surface area (Å²) >= 11 is 0. The number of aromatic amines is 1. The summed E-state index contributed by atoms with van der Waals surface area (Å²) in [6, 6.07) is 13.7. The number of aryl methyl sites for hydroxylation is 1. The molecule has 30 heavy (non-hydrogen) atoms. The van der Waals surface area contributed by atoms with Gasteiger partial charge in [-0.3, -0.25) is 4.79 Å². The zero-order chi connectivity index (χ0) is 20.9. The third-order valence-electron chi connectivity index (χ3n) is 6.21. The van der Waals surface area contributed by atoms with Crippen LogP contribution in [0.2, 0.25) is 0 Å². The number of ether oxygens (including phenoxy) is 2. The van der Waals surface area contributed by atoms with E-state index in [1.54, 1.807) is 14.2 Å². The molecule has 1 fully saturated rings. The fraction of sp³-hybridized carbons (Fsp3) is 0.400. The highest BCUT2D eigenvalue weighted by molar-refractivity contribution is 5.98. The molecule has 0 spiro atoms. The second kappa shape index (κ2) is 9.35. The number of aromatic nitrogens is 1. The van der Waals surface area contributed by atoms with E-state index in [-0.39, 0.29) is 11.7 Å². The highest BCUT2D eigenvalue weighted by Crippen LogP contribution is 2.26. The van der Waals surface area contributed by atoms with E-state index in [0.717, 1.165) is 67.9 Å². The monoisotopic (exact) mass is 406 g/mol. The number of nitrogens with zero attached hydrogens (tertiary/aromatic N) is 1. The summed E-state index contributed by atoms with van der Waals surface area (Å²) in [5.41, 5.74) is 3.26. The van der Waals surface area contributed by atoms with E-state index < -0.39 is 0 Å². The summed E-state index contributed by atoms with van der Waals surface area (Å²) in [5, 5.41) is 1.25. The van der Waals surface area contributed by atoms with Crippen molar-refractivity contribution in [2.24, 2.45) is 5.92 Å². The number of nitrogens with one attached hydrogen (secondary N) is 1. The lowest BCUT2D eigenvalue weighted by atomic mass is 9.88. The van der Waals surface area contributed by atoms with Crippen LogP contribution >= 0.6 is 0 Å². The number of H-pyrrole nitrogens is 1. The lowest BCUT2D eigenvalue weighted by molar-refractivity contribution is 0.0839. The average Bonchev–Trinajstić information content (AvgIpc) is 3.21. The maximum Gasteiger partial charge on any atom is 0.166 e. The Bertz CT molecular complexity index is 1000. The van der Waals surface area contributed by atoms with E-state index in [9.17, 15) is 4.79 Å². The lowest BCUT2D eigenvalue weighted by Gasteiger charge is -2.31. The van der Waals surface area contributed by atoms with Crippen molar-refractivity contribution >= 4 is 16.7 Å². The number of hydrogen-bond acceptors (Lipinski definition) is 4. The third kappa shape index (κ3) is 4.51. The number of methoxy groups -OCH3 is 2. The van der Waals surface area contributed by atoms with Crippen molar-refractivity contribution in [3.05, 3.63) is 59.8 Å². The van der Waals surface area contributed by atoms with E-state index in [1.165, 1.54) is 10.9 Å². The maximum absolute atomic E-state index is 12.8. The highest BCUT2D eigenvalue weighted by atomic mass is 16.5. The van der Waals surface area contributed by atoms with E-state index in [0.29, 0.717) is 0 Å². The van der Waals surface area contributed by atoms with Crippen molar-refractivity contribution in [1.82, 2.24) is 9.88 Å². The van der Waals surface area contributed by atoms with E-state index >= 15 is 0 Å². The Morgan fingerprint density at radius 1 is 1.07 bits per heavy atom. The lowest BCUT2D eigenvalue weighted by Crippen LogP contribution is -2.37. The Balaban J connectivity index is 1.27. The zero-order valence-corrected chi connectivity index (χ0v) is 17.8. The number of carbonyl (C=O) groups is 1. The summed E-state index contributed by atoms with van der Waals surface area (Å²) in [4.78, 5) is 18.7. The van der Waals surface area contributed by atoms with Gasteiger partial charge in [-0.05, 0) is 81.2 Å². The van der Waals surface area contributed by atoms with Gasteiger partial charge in [0.05, 0.1) is 14.2 Å². The number of carbonyl (C=O) groups excluding carboxylic acids is 1. The molecule has 1 N–H and O–H groups in total. The molecule has 2 heterocycles. The Labute approximate surface area is 178 Å². The molecule has 3 aromatic rings. The second-order valence-electron chi connectivity index (χ2n) is 8.04. The highest BCUT2D eigenvalue weighted by Gasteiger charge is 2.25. The molecular weight excluding hydrogens is 376 g/mol. The van der Waals surface area contributed by atoms with Crippen LogP contribution in [0.5, 0.6) is 11.5 Å². The molecular formula is C25H30N2O3. The largest absolute Gasteiger partial charge is 0.497 e. The Morgan fingerprint density at radius 2 is 1.83 bits per heavy atom. The van der Waals surface area contributed by atoms with Gasteiger partial charge in [0.2, 0.25) is 0 Å². The number of ketones is 1. The third-order valence-corrected chi connectivity index (χ3v) is 6.21. The van der Waals surface area contributed by atoms with Gasteiger partial charge in [0.15, 0.2) is 5.78 Å². The predicted molar refractivity (Wildman–Crippen MR) is 120 cm³/mol. The van der Waals surface area contributed by atoms with Crippen LogP contribution in [0, 0.1) is 5.92 Å². The Hall–Kier alpha value is -2.79. The molecule has 2 aromatic carbocycles. The van der Waals surface area contributed by atoms with Crippen molar-refractivity contribution in [1.29, 1.82) is 0 Å². The van der Waals surface area contributed by atoms with Gasteiger partial charge < -0.3 is 19.4 Å². The number of benzene rings is 2. The number of piperidine rings is 1. The number of fused-ring (bicyclic) bond motifs is 1. The van der Waals surface area contributed by atoms with Crippen LogP contribution in [0.1, 0.15) is 35.2 Å². The molecule has 1 aliphatic heterocycles. The number of hydrogen-bond donors (Lipinski definition) is 1. The molecule has 0 saturated carbocycles. The van der Waals surface area contributed by atoms with Crippen molar-refractivity contribution < 1.29 is 14.3 Å². The van der Waals surface area contributed by atoms with Gasteiger partial charge in [-0.1, -0.05) is 12.1 Å². The summed E-state index contributed by atoms with van der Waals surface area (Å²) < 4.78 is 10.6. The summed E-state index contributed by atoms with van der Waals surface area (Å²) in [7, 11) is 3.34. The Kier molecular flexibility index (Phi) is 6.38. The van der Waals surface area contributed by atoms with Crippen LogP contribution in [0.4, 0.5) is 0 Å². The van der Waals surface area contributed by atoms with E-state index in [4.69, 9.17) is 9.47 Å². The number of likely N-dealkylation sites (tertiary alicyclic amines) is 1. The van der Waals surface area contributed by atoms with Gasteiger partial charge in [0.1, 0.15) is 11.5 Å². The van der Waals surface area contributed by atoms with Gasteiger partial charge in [-0.2, -0.15) is 0 Å². The van der Waals surface area contributed by atoms with E-state index in [2.05, 4.69) is 28.2 Å². The van der Waals surface area contributed by atoms with Crippen LogP contribution in [-0.4, -0.2) is 49.5 Å². The van der Waals surface area contributed by atoms with Crippen molar-refractivity contribution in [3.8, 4) is 11.5 Å². The van der Waals surface area contributed by atoms with Crippen LogP contribution in [-0.2, 0) is 6.42 Å². The minimum absolute atomic E-state index is 0.120. The van der Waals surface area contributed by atoms with Crippen molar-refractivity contribution in [2.45, 2.75) is 25.7 Å². The normalized spacial score (nSPS) is 15.4. The first kappa shape index (κ1) is 20.5. The molecule has 158 valence electrons. The summed E-state index contributed by atoms with van der Waals surface area (Å²) in [6.45, 7) is 3.04. The minimum atomic E-state index is 0.120. The standard InChI is InChI=1S/C25H30N2O3/c1-29-21-7-3-5-19(15-21)25(28)18-10-13-27(14-11-18)12-4-6-20-17-26-24-9-8-22(30-2)16-23(20)24/h3,5,7-9,15-18,26H,4,6,10-14H2,1-2H3. The molecule has 0 atom stereocenters. The van der Waals surface area contributed by atoms with Gasteiger partial charge >= 0.3 is 0 Å². The molecule has 5 nitrogen and oxygen atoms in total.